The Morgan fingerprint density at radius 1 is 1.10 bits per heavy atom. The quantitative estimate of drug-likeness (QED) is 0.637. The zero-order valence-electron chi connectivity index (χ0n) is 16.7. The normalized spacial score (nSPS) is 16.8. The Balaban J connectivity index is 1.57. The molecule has 2 N–H and O–H groups in total. The number of carbonyl (C=O) groups is 2. The maximum Gasteiger partial charge on any atom is 0.307 e. The van der Waals surface area contributed by atoms with Gasteiger partial charge in [-0.1, -0.05) is 42.5 Å². The van der Waals surface area contributed by atoms with Gasteiger partial charge in [0.05, 0.1) is 19.6 Å². The highest BCUT2D eigenvalue weighted by molar-refractivity contribution is 5.83. The maximum absolute atomic E-state index is 12.4. The molecule has 0 aromatic heterocycles. The fourth-order valence-electron chi connectivity index (χ4n) is 3.42. The Bertz CT molecular complexity index is 786. The van der Waals surface area contributed by atoms with Crippen LogP contribution in [0.15, 0.2) is 54.6 Å². The third-order valence-electron chi connectivity index (χ3n) is 5.02. The van der Waals surface area contributed by atoms with E-state index in [4.69, 9.17) is 9.47 Å². The summed E-state index contributed by atoms with van der Waals surface area (Å²) in [6.45, 7) is 1.36. The average Bonchev–Trinajstić information content (AvgIpc) is 3.29. The molecule has 2 aromatic carbocycles. The molecule has 29 heavy (non-hydrogen) atoms. The zero-order chi connectivity index (χ0) is 20.5. The van der Waals surface area contributed by atoms with E-state index >= 15 is 0 Å². The first-order chi connectivity index (χ1) is 14.1. The van der Waals surface area contributed by atoms with Gasteiger partial charge in [-0.25, -0.2) is 0 Å². The first-order valence-electron chi connectivity index (χ1n) is 10.0. The van der Waals surface area contributed by atoms with Gasteiger partial charge >= 0.3 is 5.97 Å². The van der Waals surface area contributed by atoms with Crippen LogP contribution < -0.4 is 15.4 Å². The number of carbonyl (C=O) groups excluding carboxylic acids is 2. The Hall–Kier alpha value is -2.86. The van der Waals surface area contributed by atoms with Crippen molar-refractivity contribution in [2.24, 2.45) is 0 Å². The fraction of sp³-hybridized carbons (Fsp3) is 0.391. The smallest absolute Gasteiger partial charge is 0.307 e. The highest BCUT2D eigenvalue weighted by Gasteiger charge is 2.25. The topological polar surface area (TPSA) is 76.7 Å². The van der Waals surface area contributed by atoms with Crippen LogP contribution in [-0.2, 0) is 27.4 Å². The van der Waals surface area contributed by atoms with Gasteiger partial charge < -0.3 is 20.1 Å². The number of amides is 1. The van der Waals surface area contributed by atoms with Gasteiger partial charge in [-0.15, -0.1) is 0 Å². The molecule has 0 aliphatic carbocycles. The molecule has 3 rings (SSSR count). The molecule has 1 aliphatic rings. The minimum atomic E-state index is -0.336. The van der Waals surface area contributed by atoms with Crippen molar-refractivity contribution < 1.29 is 19.1 Å². The van der Waals surface area contributed by atoms with Crippen molar-refractivity contribution in [3.05, 3.63) is 65.7 Å². The van der Waals surface area contributed by atoms with Gasteiger partial charge in [0, 0.05) is 6.04 Å². The van der Waals surface area contributed by atoms with Crippen molar-refractivity contribution >= 4 is 11.9 Å². The lowest BCUT2D eigenvalue weighted by Gasteiger charge is -2.20. The Kier molecular flexibility index (Phi) is 7.64. The Morgan fingerprint density at radius 3 is 2.52 bits per heavy atom. The van der Waals surface area contributed by atoms with Gasteiger partial charge in [0.2, 0.25) is 5.91 Å². The van der Waals surface area contributed by atoms with Crippen molar-refractivity contribution in [2.75, 3.05) is 13.7 Å². The van der Waals surface area contributed by atoms with Crippen LogP contribution in [0.25, 0.3) is 0 Å². The molecule has 6 nitrogen and oxygen atoms in total. The summed E-state index contributed by atoms with van der Waals surface area (Å²) in [6, 6.07) is 17.2. The summed E-state index contributed by atoms with van der Waals surface area (Å²) in [5.74, 6) is 0.387. The van der Waals surface area contributed by atoms with Crippen molar-refractivity contribution in [2.45, 2.75) is 44.4 Å². The molecule has 1 aliphatic heterocycles. The predicted octanol–water partition coefficient (Wildman–Crippen LogP) is 2.61. The predicted molar refractivity (Wildman–Crippen MR) is 111 cm³/mol. The lowest BCUT2D eigenvalue weighted by molar-refractivity contribution is -0.141. The van der Waals surface area contributed by atoms with Gasteiger partial charge in [0.1, 0.15) is 12.4 Å². The third kappa shape index (κ3) is 6.61. The van der Waals surface area contributed by atoms with Gasteiger partial charge in [-0.3, -0.25) is 9.59 Å². The molecule has 1 saturated heterocycles. The van der Waals surface area contributed by atoms with E-state index in [9.17, 15) is 9.59 Å². The van der Waals surface area contributed by atoms with Crippen LogP contribution in [0.1, 0.15) is 30.4 Å². The summed E-state index contributed by atoms with van der Waals surface area (Å²) in [6.07, 6.45) is 2.50. The van der Waals surface area contributed by atoms with Crippen LogP contribution in [0.5, 0.6) is 5.75 Å². The van der Waals surface area contributed by atoms with Crippen molar-refractivity contribution in [1.29, 1.82) is 0 Å². The molecule has 0 bridgehead atoms. The number of esters is 1. The zero-order valence-corrected chi connectivity index (χ0v) is 16.7. The van der Waals surface area contributed by atoms with E-state index in [0.29, 0.717) is 13.0 Å². The number of nitrogens with one attached hydrogen (secondary N) is 2. The fourth-order valence-corrected chi connectivity index (χ4v) is 3.42. The molecule has 0 saturated carbocycles. The van der Waals surface area contributed by atoms with Crippen LogP contribution in [0.4, 0.5) is 0 Å². The first kappa shape index (κ1) is 20.9. The molecule has 6 heteroatoms. The molecule has 1 heterocycles. The average molecular weight is 396 g/mol. The number of hydrogen-bond donors (Lipinski definition) is 2. The molecule has 154 valence electrons. The maximum atomic E-state index is 12.4. The van der Waals surface area contributed by atoms with Gasteiger partial charge in [-0.05, 0) is 49.1 Å². The van der Waals surface area contributed by atoms with E-state index < -0.39 is 0 Å². The summed E-state index contributed by atoms with van der Waals surface area (Å²) in [7, 11) is 1.36. The highest BCUT2D eigenvalue weighted by atomic mass is 16.5. The molecule has 2 aromatic rings. The van der Waals surface area contributed by atoms with Gasteiger partial charge in [-0.2, -0.15) is 0 Å². The lowest BCUT2D eigenvalue weighted by atomic mass is 10.0. The SMILES string of the molecule is COC(=O)C[C@H](Cc1ccc(OCc2ccccc2)cc1)NC(=O)[C@@H]1CCCN1. The molecular weight excluding hydrogens is 368 g/mol. The summed E-state index contributed by atoms with van der Waals surface area (Å²) in [5, 5.41) is 6.18. The van der Waals surface area contributed by atoms with Crippen LogP contribution >= 0.6 is 0 Å². The first-order valence-corrected chi connectivity index (χ1v) is 10.0. The standard InChI is InChI=1S/C23H28N2O4/c1-28-22(26)15-19(25-23(27)21-8-5-13-24-21)14-17-9-11-20(12-10-17)29-16-18-6-3-2-4-7-18/h2-4,6-7,9-12,19,21,24H,5,8,13-16H2,1H3,(H,25,27)/t19-,21-/m0/s1. The monoisotopic (exact) mass is 396 g/mol. The highest BCUT2D eigenvalue weighted by Crippen LogP contribution is 2.16. The molecule has 1 fully saturated rings. The Morgan fingerprint density at radius 2 is 1.86 bits per heavy atom. The van der Waals surface area contributed by atoms with E-state index in [1.807, 2.05) is 54.6 Å². The lowest BCUT2D eigenvalue weighted by Crippen LogP contribution is -2.46. The molecule has 2 atom stereocenters. The van der Waals surface area contributed by atoms with Crippen LogP contribution in [-0.4, -0.2) is 37.6 Å². The molecule has 1 amide bonds. The summed E-state index contributed by atoms with van der Waals surface area (Å²) in [4.78, 5) is 24.2. The van der Waals surface area contributed by atoms with E-state index in [-0.39, 0.29) is 30.4 Å². The second kappa shape index (κ2) is 10.6. The molecular formula is C23H28N2O4. The number of hydrogen-bond acceptors (Lipinski definition) is 5. The van der Waals surface area contributed by atoms with Gasteiger partial charge in [0.25, 0.3) is 0 Å². The Labute approximate surface area is 171 Å². The second-order valence-corrected chi connectivity index (χ2v) is 7.26. The minimum absolute atomic E-state index is 0.0563. The van der Waals surface area contributed by atoms with E-state index in [2.05, 4.69) is 10.6 Å². The van der Waals surface area contributed by atoms with E-state index in [0.717, 1.165) is 36.3 Å². The number of methoxy groups -OCH3 is 1. The minimum Gasteiger partial charge on any atom is -0.489 e. The largest absolute Gasteiger partial charge is 0.489 e. The van der Waals surface area contributed by atoms with Gasteiger partial charge in [0.15, 0.2) is 0 Å². The van der Waals surface area contributed by atoms with Crippen molar-refractivity contribution in [3.8, 4) is 5.75 Å². The van der Waals surface area contributed by atoms with Crippen LogP contribution in [0, 0.1) is 0 Å². The number of ether oxygens (including phenoxy) is 2. The van der Waals surface area contributed by atoms with E-state index in [1.165, 1.54) is 7.11 Å². The molecule has 0 spiro atoms. The van der Waals surface area contributed by atoms with Crippen molar-refractivity contribution in [1.82, 2.24) is 10.6 Å². The second-order valence-electron chi connectivity index (χ2n) is 7.26. The summed E-state index contributed by atoms with van der Waals surface area (Å²) < 4.78 is 10.6. The van der Waals surface area contributed by atoms with Crippen molar-refractivity contribution in [3.63, 3.8) is 0 Å². The van der Waals surface area contributed by atoms with Crippen LogP contribution in [0.3, 0.4) is 0 Å². The third-order valence-corrected chi connectivity index (χ3v) is 5.02. The number of benzene rings is 2. The number of rotatable bonds is 9. The molecule has 0 unspecified atom stereocenters. The van der Waals surface area contributed by atoms with Crippen LogP contribution in [0.2, 0.25) is 0 Å². The molecule has 0 radical (unpaired) electrons. The summed E-state index contributed by atoms with van der Waals surface area (Å²) >= 11 is 0. The summed E-state index contributed by atoms with van der Waals surface area (Å²) in [5.41, 5.74) is 2.13. The van der Waals surface area contributed by atoms with E-state index in [1.54, 1.807) is 0 Å².